The largest absolute Gasteiger partial charge is 0.493 e. The summed E-state index contributed by atoms with van der Waals surface area (Å²) in [5.74, 6) is -0.410. The standard InChI is InChI=1S/C19H17FN2O4/c1-11-17(26-19(21-11)12-7-5-4-6-8-12)18(23)22-14-10-16(25-3)15(24-2)9-13(14)20/h4-10H,1-3H3,(H,22,23). The maximum Gasteiger partial charge on any atom is 0.293 e. The highest BCUT2D eigenvalue weighted by Crippen LogP contribution is 2.33. The summed E-state index contributed by atoms with van der Waals surface area (Å²) in [6.07, 6.45) is 0. The van der Waals surface area contributed by atoms with E-state index in [4.69, 9.17) is 13.9 Å². The van der Waals surface area contributed by atoms with Crippen molar-refractivity contribution in [2.24, 2.45) is 0 Å². The monoisotopic (exact) mass is 356 g/mol. The summed E-state index contributed by atoms with van der Waals surface area (Å²) in [7, 11) is 2.83. The van der Waals surface area contributed by atoms with Crippen LogP contribution in [0.2, 0.25) is 0 Å². The predicted molar refractivity (Wildman–Crippen MR) is 94.1 cm³/mol. The van der Waals surface area contributed by atoms with E-state index in [0.29, 0.717) is 17.3 Å². The quantitative estimate of drug-likeness (QED) is 0.746. The molecule has 134 valence electrons. The van der Waals surface area contributed by atoms with E-state index in [0.717, 1.165) is 11.6 Å². The Hall–Kier alpha value is -3.35. The molecular formula is C19H17FN2O4. The number of amides is 1. The minimum absolute atomic E-state index is 0.0121. The molecule has 7 heteroatoms. The van der Waals surface area contributed by atoms with Crippen molar-refractivity contribution in [3.8, 4) is 23.0 Å². The van der Waals surface area contributed by atoms with E-state index < -0.39 is 11.7 Å². The zero-order valence-electron chi connectivity index (χ0n) is 14.5. The molecule has 0 aliphatic carbocycles. The van der Waals surface area contributed by atoms with Gasteiger partial charge >= 0.3 is 0 Å². The third-order valence-corrected chi connectivity index (χ3v) is 3.74. The summed E-state index contributed by atoms with van der Waals surface area (Å²) in [4.78, 5) is 16.8. The van der Waals surface area contributed by atoms with E-state index in [1.165, 1.54) is 20.3 Å². The first-order valence-corrected chi connectivity index (χ1v) is 7.79. The van der Waals surface area contributed by atoms with Crippen molar-refractivity contribution in [2.45, 2.75) is 6.92 Å². The second kappa shape index (κ2) is 7.26. The lowest BCUT2D eigenvalue weighted by Gasteiger charge is -2.11. The van der Waals surface area contributed by atoms with Crippen molar-refractivity contribution in [3.05, 3.63) is 59.7 Å². The van der Waals surface area contributed by atoms with E-state index in [2.05, 4.69) is 10.3 Å². The summed E-state index contributed by atoms with van der Waals surface area (Å²) in [6.45, 7) is 1.65. The maximum atomic E-state index is 14.2. The van der Waals surface area contributed by atoms with Gasteiger partial charge < -0.3 is 19.2 Å². The van der Waals surface area contributed by atoms with Gasteiger partial charge in [-0.15, -0.1) is 0 Å². The van der Waals surface area contributed by atoms with Crippen LogP contribution in [0.5, 0.6) is 11.5 Å². The fourth-order valence-corrected chi connectivity index (χ4v) is 2.44. The van der Waals surface area contributed by atoms with Crippen LogP contribution < -0.4 is 14.8 Å². The van der Waals surface area contributed by atoms with Gasteiger partial charge in [-0.1, -0.05) is 18.2 Å². The van der Waals surface area contributed by atoms with Gasteiger partial charge in [-0.3, -0.25) is 4.79 Å². The molecule has 0 aliphatic heterocycles. The van der Waals surface area contributed by atoms with Gasteiger partial charge in [0.1, 0.15) is 0 Å². The first kappa shape index (κ1) is 17.5. The van der Waals surface area contributed by atoms with Crippen molar-refractivity contribution in [1.29, 1.82) is 0 Å². The van der Waals surface area contributed by atoms with Gasteiger partial charge in [0.2, 0.25) is 11.7 Å². The van der Waals surface area contributed by atoms with Crippen LogP contribution in [0.3, 0.4) is 0 Å². The van der Waals surface area contributed by atoms with Gasteiger partial charge in [0.25, 0.3) is 5.91 Å². The predicted octanol–water partition coefficient (Wildman–Crippen LogP) is 4.06. The normalized spacial score (nSPS) is 10.5. The third-order valence-electron chi connectivity index (χ3n) is 3.74. The lowest BCUT2D eigenvalue weighted by molar-refractivity contribution is 0.0996. The smallest absolute Gasteiger partial charge is 0.293 e. The van der Waals surface area contributed by atoms with Gasteiger partial charge in [0.15, 0.2) is 17.3 Å². The van der Waals surface area contributed by atoms with Crippen LogP contribution in [-0.4, -0.2) is 25.1 Å². The number of rotatable bonds is 5. The van der Waals surface area contributed by atoms with Crippen LogP contribution in [0.25, 0.3) is 11.5 Å². The summed E-state index contributed by atoms with van der Waals surface area (Å²) in [5.41, 5.74) is 1.10. The topological polar surface area (TPSA) is 73.6 Å². The van der Waals surface area contributed by atoms with Gasteiger partial charge in [-0.2, -0.15) is 0 Å². The van der Waals surface area contributed by atoms with E-state index in [1.807, 2.05) is 30.3 Å². The first-order valence-electron chi connectivity index (χ1n) is 7.79. The lowest BCUT2D eigenvalue weighted by atomic mass is 10.2. The molecule has 3 rings (SSSR count). The summed E-state index contributed by atoms with van der Waals surface area (Å²) in [6, 6.07) is 11.7. The Bertz CT molecular complexity index is 938. The van der Waals surface area contributed by atoms with Gasteiger partial charge in [-0.05, 0) is 19.1 Å². The molecule has 6 nitrogen and oxygen atoms in total. The van der Waals surface area contributed by atoms with Crippen molar-refractivity contribution >= 4 is 11.6 Å². The maximum absolute atomic E-state index is 14.2. The number of nitrogens with one attached hydrogen (secondary N) is 1. The van der Waals surface area contributed by atoms with Crippen LogP contribution >= 0.6 is 0 Å². The fourth-order valence-electron chi connectivity index (χ4n) is 2.44. The molecule has 0 unspecified atom stereocenters. The molecule has 0 atom stereocenters. The van der Waals surface area contributed by atoms with Crippen molar-refractivity contribution in [2.75, 3.05) is 19.5 Å². The number of benzene rings is 2. The number of ether oxygens (including phenoxy) is 2. The summed E-state index contributed by atoms with van der Waals surface area (Å²) in [5, 5.41) is 2.47. The Morgan fingerprint density at radius 1 is 1.12 bits per heavy atom. The Balaban J connectivity index is 1.88. The molecule has 2 aromatic carbocycles. The molecule has 1 heterocycles. The highest BCUT2D eigenvalue weighted by molar-refractivity contribution is 6.03. The van der Waals surface area contributed by atoms with E-state index in [9.17, 15) is 9.18 Å². The van der Waals surface area contributed by atoms with Crippen LogP contribution in [0, 0.1) is 12.7 Å². The number of nitrogens with zero attached hydrogens (tertiary/aromatic N) is 1. The SMILES string of the molecule is COc1cc(F)c(NC(=O)c2oc(-c3ccccc3)nc2C)cc1OC. The van der Waals surface area contributed by atoms with Crippen molar-refractivity contribution in [3.63, 3.8) is 0 Å². The number of hydrogen-bond donors (Lipinski definition) is 1. The number of anilines is 1. The molecule has 3 aromatic rings. The molecule has 0 aliphatic rings. The molecular weight excluding hydrogens is 339 g/mol. The van der Waals surface area contributed by atoms with Crippen LogP contribution in [0.4, 0.5) is 10.1 Å². The van der Waals surface area contributed by atoms with E-state index in [-0.39, 0.29) is 17.2 Å². The van der Waals surface area contributed by atoms with Crippen molar-refractivity contribution < 1.29 is 23.1 Å². The molecule has 0 saturated carbocycles. The second-order valence-electron chi connectivity index (χ2n) is 5.44. The van der Waals surface area contributed by atoms with Crippen LogP contribution in [0.15, 0.2) is 46.9 Å². The van der Waals surface area contributed by atoms with Crippen LogP contribution in [-0.2, 0) is 0 Å². The highest BCUT2D eigenvalue weighted by Gasteiger charge is 2.20. The summed E-state index contributed by atoms with van der Waals surface area (Å²) >= 11 is 0. The highest BCUT2D eigenvalue weighted by atomic mass is 19.1. The average molecular weight is 356 g/mol. The molecule has 1 N–H and O–H groups in total. The number of carbonyl (C=O) groups excluding carboxylic acids is 1. The zero-order valence-corrected chi connectivity index (χ0v) is 14.5. The molecule has 26 heavy (non-hydrogen) atoms. The second-order valence-corrected chi connectivity index (χ2v) is 5.44. The van der Waals surface area contributed by atoms with Gasteiger partial charge in [-0.25, -0.2) is 9.37 Å². The molecule has 1 amide bonds. The average Bonchev–Trinajstić information content (AvgIpc) is 3.05. The Kier molecular flexibility index (Phi) is 4.88. The number of halogens is 1. The number of aryl methyl sites for hydroxylation is 1. The van der Waals surface area contributed by atoms with Gasteiger partial charge in [0, 0.05) is 17.7 Å². The zero-order chi connectivity index (χ0) is 18.7. The Morgan fingerprint density at radius 2 is 1.77 bits per heavy atom. The van der Waals surface area contributed by atoms with E-state index in [1.54, 1.807) is 6.92 Å². The molecule has 0 fully saturated rings. The number of methoxy groups -OCH3 is 2. The Morgan fingerprint density at radius 3 is 2.42 bits per heavy atom. The number of carbonyl (C=O) groups is 1. The number of aromatic nitrogens is 1. The van der Waals surface area contributed by atoms with Crippen molar-refractivity contribution in [1.82, 2.24) is 4.98 Å². The molecule has 1 aromatic heterocycles. The summed E-state index contributed by atoms with van der Waals surface area (Å²) < 4.78 is 29.9. The minimum atomic E-state index is -0.656. The van der Waals surface area contributed by atoms with Crippen LogP contribution in [0.1, 0.15) is 16.2 Å². The lowest BCUT2D eigenvalue weighted by Crippen LogP contribution is -2.13. The van der Waals surface area contributed by atoms with Gasteiger partial charge in [0.05, 0.1) is 25.6 Å². The number of hydrogen-bond acceptors (Lipinski definition) is 5. The first-order chi connectivity index (χ1) is 12.5. The minimum Gasteiger partial charge on any atom is -0.493 e. The number of oxazole rings is 1. The molecule has 0 spiro atoms. The molecule has 0 radical (unpaired) electrons. The van der Waals surface area contributed by atoms with E-state index >= 15 is 0 Å². The molecule has 0 saturated heterocycles. The third kappa shape index (κ3) is 3.37. The molecule has 0 bridgehead atoms. The Labute approximate surface area is 149 Å². The fraction of sp³-hybridized carbons (Fsp3) is 0.158.